The van der Waals surface area contributed by atoms with E-state index >= 15 is 0 Å². The number of carbonyl (C=O) groups is 1. The molecule has 2 unspecified atom stereocenters. The second-order valence-electron chi connectivity index (χ2n) is 8.36. The van der Waals surface area contributed by atoms with Crippen molar-refractivity contribution in [3.63, 3.8) is 0 Å². The number of likely N-dealkylation sites (tertiary alicyclic amines) is 1. The highest BCUT2D eigenvalue weighted by atomic mass is 16.5. The molecular formula is C21H39N5O3. The Hall–Kier alpha value is -1.38. The minimum absolute atomic E-state index is 0.0207. The highest BCUT2D eigenvalue weighted by Gasteiger charge is 2.30. The first-order valence-corrected chi connectivity index (χ1v) is 11.3. The summed E-state index contributed by atoms with van der Waals surface area (Å²) in [6, 6.07) is -0.0207. The van der Waals surface area contributed by atoms with Gasteiger partial charge in [0.15, 0.2) is 5.96 Å². The molecule has 0 radical (unpaired) electrons. The lowest BCUT2D eigenvalue weighted by atomic mass is 10.1. The first-order chi connectivity index (χ1) is 14.2. The fourth-order valence-corrected chi connectivity index (χ4v) is 4.35. The summed E-state index contributed by atoms with van der Waals surface area (Å²) in [6.07, 6.45) is 4.38. The third-order valence-electron chi connectivity index (χ3n) is 6.27. The Morgan fingerprint density at radius 3 is 2.59 bits per heavy atom. The van der Waals surface area contributed by atoms with Gasteiger partial charge in [0.25, 0.3) is 0 Å². The van der Waals surface area contributed by atoms with Gasteiger partial charge in [0.2, 0.25) is 5.91 Å². The summed E-state index contributed by atoms with van der Waals surface area (Å²) in [6.45, 7) is 11.7. The van der Waals surface area contributed by atoms with Crippen LogP contribution in [0.2, 0.25) is 0 Å². The zero-order chi connectivity index (χ0) is 20.5. The molecule has 0 spiro atoms. The number of nitrogens with one attached hydrogen (secondary N) is 1. The average molecular weight is 410 g/mol. The van der Waals surface area contributed by atoms with Crippen LogP contribution >= 0.6 is 0 Å². The Bertz CT molecular complexity index is 524. The number of ether oxygens (including phenoxy) is 2. The van der Waals surface area contributed by atoms with E-state index in [1.165, 1.54) is 0 Å². The van der Waals surface area contributed by atoms with Crippen molar-refractivity contribution in [1.82, 2.24) is 20.0 Å². The average Bonchev–Trinajstić information content (AvgIpc) is 3.47. The second kappa shape index (κ2) is 11.7. The summed E-state index contributed by atoms with van der Waals surface area (Å²) < 4.78 is 11.1. The molecule has 3 aliphatic rings. The van der Waals surface area contributed by atoms with Crippen LogP contribution in [0.4, 0.5) is 0 Å². The van der Waals surface area contributed by atoms with Crippen molar-refractivity contribution in [2.75, 3.05) is 79.3 Å². The molecule has 29 heavy (non-hydrogen) atoms. The second-order valence-corrected chi connectivity index (χ2v) is 8.36. The van der Waals surface area contributed by atoms with Crippen molar-refractivity contribution in [3.8, 4) is 0 Å². The first-order valence-electron chi connectivity index (χ1n) is 11.3. The van der Waals surface area contributed by atoms with Crippen LogP contribution in [0.1, 0.15) is 32.6 Å². The number of hydrogen-bond acceptors (Lipinski definition) is 5. The highest BCUT2D eigenvalue weighted by molar-refractivity contribution is 5.82. The van der Waals surface area contributed by atoms with E-state index in [0.717, 1.165) is 104 Å². The topological polar surface area (TPSA) is 69.6 Å². The first kappa shape index (κ1) is 22.3. The zero-order valence-corrected chi connectivity index (χ0v) is 18.3. The number of aliphatic imine (C=N–C) groups is 1. The summed E-state index contributed by atoms with van der Waals surface area (Å²) in [4.78, 5) is 23.7. The van der Waals surface area contributed by atoms with Crippen molar-refractivity contribution in [2.24, 2.45) is 10.9 Å². The maximum atomic E-state index is 12.6. The van der Waals surface area contributed by atoms with Crippen LogP contribution in [0.25, 0.3) is 0 Å². The Morgan fingerprint density at radius 1 is 1.17 bits per heavy atom. The van der Waals surface area contributed by atoms with E-state index in [2.05, 4.69) is 27.0 Å². The molecule has 1 amide bonds. The Labute approximate surface area is 175 Å². The van der Waals surface area contributed by atoms with Crippen LogP contribution in [0.15, 0.2) is 4.99 Å². The van der Waals surface area contributed by atoms with E-state index in [0.29, 0.717) is 11.8 Å². The summed E-state index contributed by atoms with van der Waals surface area (Å²) in [5.41, 5.74) is 0. The molecule has 8 nitrogen and oxygen atoms in total. The molecule has 0 aromatic heterocycles. The lowest BCUT2D eigenvalue weighted by Crippen LogP contribution is -2.57. The van der Waals surface area contributed by atoms with Crippen LogP contribution in [0, 0.1) is 5.92 Å². The molecule has 1 N–H and O–H groups in total. The minimum Gasteiger partial charge on any atom is -0.381 e. The molecule has 3 saturated heterocycles. The minimum atomic E-state index is -0.0207. The molecule has 3 rings (SSSR count). The lowest BCUT2D eigenvalue weighted by molar-refractivity contribution is -0.135. The van der Waals surface area contributed by atoms with Gasteiger partial charge in [-0.15, -0.1) is 0 Å². The predicted octanol–water partition coefficient (Wildman–Crippen LogP) is 0.634. The molecule has 166 valence electrons. The number of guanidine groups is 1. The van der Waals surface area contributed by atoms with Gasteiger partial charge in [0, 0.05) is 72.0 Å². The quantitative estimate of drug-likeness (QED) is 0.360. The van der Waals surface area contributed by atoms with Gasteiger partial charge in [-0.1, -0.05) is 0 Å². The molecular weight excluding hydrogens is 370 g/mol. The van der Waals surface area contributed by atoms with Crippen molar-refractivity contribution in [3.05, 3.63) is 0 Å². The maximum absolute atomic E-state index is 12.6. The molecule has 2 atom stereocenters. The third kappa shape index (κ3) is 6.55. The monoisotopic (exact) mass is 409 g/mol. The van der Waals surface area contributed by atoms with Crippen molar-refractivity contribution >= 4 is 11.9 Å². The molecule has 0 aromatic rings. The summed E-state index contributed by atoms with van der Waals surface area (Å²) in [7, 11) is 1.84. The van der Waals surface area contributed by atoms with E-state index in [9.17, 15) is 4.79 Å². The van der Waals surface area contributed by atoms with Gasteiger partial charge in [-0.25, -0.2) is 0 Å². The fourth-order valence-electron chi connectivity index (χ4n) is 4.35. The van der Waals surface area contributed by atoms with Gasteiger partial charge in [0.05, 0.1) is 19.3 Å². The van der Waals surface area contributed by atoms with Gasteiger partial charge < -0.3 is 24.6 Å². The smallest absolute Gasteiger partial charge is 0.239 e. The Balaban J connectivity index is 1.30. The molecule has 3 aliphatic heterocycles. The largest absolute Gasteiger partial charge is 0.381 e. The van der Waals surface area contributed by atoms with E-state index in [1.807, 2.05) is 11.9 Å². The zero-order valence-electron chi connectivity index (χ0n) is 18.3. The fraction of sp³-hybridized carbons (Fsp3) is 0.905. The highest BCUT2D eigenvalue weighted by Crippen LogP contribution is 2.14. The maximum Gasteiger partial charge on any atom is 0.239 e. The predicted molar refractivity (Wildman–Crippen MR) is 114 cm³/mol. The van der Waals surface area contributed by atoms with E-state index in [1.54, 1.807) is 0 Å². The third-order valence-corrected chi connectivity index (χ3v) is 6.27. The molecule has 3 fully saturated rings. The molecule has 0 saturated carbocycles. The molecule has 8 heteroatoms. The SMILES string of the molecule is CN=C(NCCCOCC1CCOC1)N1CCN(C(C)C(=O)N2CCCC2)CC1. The lowest BCUT2D eigenvalue weighted by Gasteiger charge is -2.39. The normalized spacial score (nSPS) is 24.9. The van der Waals surface area contributed by atoms with Gasteiger partial charge in [-0.3, -0.25) is 14.7 Å². The standard InChI is InChI=1S/C21H39N5O3/c1-18(20(27)25-8-3-4-9-25)24-10-12-26(13-11-24)21(22-2)23-7-5-14-28-16-19-6-15-29-17-19/h18-19H,3-17H2,1-2H3,(H,22,23). The van der Waals surface area contributed by atoms with Gasteiger partial charge in [-0.05, 0) is 32.6 Å². The van der Waals surface area contributed by atoms with Crippen LogP contribution in [-0.4, -0.2) is 112 Å². The number of nitrogens with zero attached hydrogens (tertiary/aromatic N) is 4. The van der Waals surface area contributed by atoms with E-state index in [-0.39, 0.29) is 6.04 Å². The molecule has 3 heterocycles. The number of amides is 1. The summed E-state index contributed by atoms with van der Waals surface area (Å²) in [5.74, 6) is 1.82. The Morgan fingerprint density at radius 2 is 1.93 bits per heavy atom. The summed E-state index contributed by atoms with van der Waals surface area (Å²) in [5, 5.41) is 3.46. The van der Waals surface area contributed by atoms with Crippen LogP contribution < -0.4 is 5.32 Å². The van der Waals surface area contributed by atoms with Crippen molar-refractivity contribution in [2.45, 2.75) is 38.6 Å². The molecule has 0 aromatic carbocycles. The van der Waals surface area contributed by atoms with Crippen LogP contribution in [0.5, 0.6) is 0 Å². The number of piperazine rings is 1. The van der Waals surface area contributed by atoms with Crippen molar-refractivity contribution in [1.29, 1.82) is 0 Å². The van der Waals surface area contributed by atoms with Gasteiger partial charge in [-0.2, -0.15) is 0 Å². The van der Waals surface area contributed by atoms with Crippen LogP contribution in [-0.2, 0) is 14.3 Å². The van der Waals surface area contributed by atoms with Crippen LogP contribution in [0.3, 0.4) is 0 Å². The Kier molecular flexibility index (Phi) is 9.01. The summed E-state index contributed by atoms with van der Waals surface area (Å²) >= 11 is 0. The molecule has 0 aliphatic carbocycles. The van der Waals surface area contributed by atoms with Crippen molar-refractivity contribution < 1.29 is 14.3 Å². The number of hydrogen-bond donors (Lipinski definition) is 1. The van der Waals surface area contributed by atoms with E-state index < -0.39 is 0 Å². The molecule has 0 bridgehead atoms. The van der Waals surface area contributed by atoms with Gasteiger partial charge >= 0.3 is 0 Å². The van der Waals surface area contributed by atoms with E-state index in [4.69, 9.17) is 9.47 Å². The van der Waals surface area contributed by atoms with Gasteiger partial charge in [0.1, 0.15) is 0 Å². The number of carbonyl (C=O) groups excluding carboxylic acids is 1. The number of rotatable bonds is 8.